The molecule has 12 aromatic rings. The van der Waals surface area contributed by atoms with Crippen molar-refractivity contribution in [1.82, 2.24) is 73.5 Å². The van der Waals surface area contributed by atoms with Crippen molar-refractivity contribution in [2.24, 2.45) is 5.92 Å². The van der Waals surface area contributed by atoms with Crippen LogP contribution in [0.4, 0.5) is 17.5 Å². The lowest BCUT2D eigenvalue weighted by atomic mass is 9.69. The van der Waals surface area contributed by atoms with Crippen LogP contribution in [0.2, 0.25) is 15.5 Å². The number of esters is 1. The average molecular weight is 1400 g/mol. The van der Waals surface area contributed by atoms with Crippen LogP contribution in [-0.4, -0.2) is 166 Å². The number of aromatic nitrogens is 15. The van der Waals surface area contributed by atoms with Crippen LogP contribution < -0.4 is 31.4 Å². The molecule has 3 aliphatic heterocycles. The van der Waals surface area contributed by atoms with E-state index in [1.165, 1.54) is 38.6 Å². The number of imidazole rings is 3. The summed E-state index contributed by atoms with van der Waals surface area (Å²) in [5.41, 5.74) is 20.1. The lowest BCUT2D eigenvalue weighted by Crippen LogP contribution is -2.57. The molecule has 6 fully saturated rings. The minimum atomic E-state index is -1.16. The third-order valence-electron chi connectivity index (χ3n) is 19.5. The molecule has 9 atom stereocenters. The van der Waals surface area contributed by atoms with Gasteiger partial charge in [0.1, 0.15) is 123 Å². The molecule has 30 nitrogen and oxygen atoms in total. The highest BCUT2D eigenvalue weighted by Gasteiger charge is 2.65. The van der Waals surface area contributed by atoms with Gasteiger partial charge in [-0.3, -0.25) is 18.5 Å². The van der Waals surface area contributed by atoms with E-state index in [1.807, 2.05) is 79.7 Å². The molecule has 99 heavy (non-hydrogen) atoms. The molecule has 33 heteroatoms. The fourth-order valence-corrected chi connectivity index (χ4v) is 14.9. The van der Waals surface area contributed by atoms with Gasteiger partial charge in [0, 0.05) is 85.7 Å². The van der Waals surface area contributed by atoms with E-state index in [0.29, 0.717) is 99.6 Å². The number of benzene rings is 3. The van der Waals surface area contributed by atoms with Crippen LogP contribution in [-0.2, 0) is 23.7 Å². The van der Waals surface area contributed by atoms with Gasteiger partial charge >= 0.3 is 5.97 Å². The van der Waals surface area contributed by atoms with Gasteiger partial charge in [-0.05, 0) is 72.8 Å². The van der Waals surface area contributed by atoms with Gasteiger partial charge in [-0.15, -0.1) is 0 Å². The van der Waals surface area contributed by atoms with E-state index in [4.69, 9.17) is 85.2 Å². The number of rotatable bonds is 10. The Morgan fingerprint density at radius 1 is 0.495 bits per heavy atom. The summed E-state index contributed by atoms with van der Waals surface area (Å²) in [6.07, 6.45) is 3.86. The van der Waals surface area contributed by atoms with Gasteiger partial charge in [-0.25, -0.2) is 59.8 Å². The molecule has 3 saturated heterocycles. The Morgan fingerprint density at radius 2 is 0.879 bits per heavy atom. The molecule has 1 unspecified atom stereocenters. The Bertz CT molecular complexity index is 4930. The Labute approximate surface area is 574 Å². The molecule has 0 radical (unpaired) electrons. The number of pyridine rings is 3. The number of carbonyl (C=O) groups is 1. The van der Waals surface area contributed by atoms with E-state index < -0.39 is 66.0 Å². The van der Waals surface area contributed by atoms with E-state index in [2.05, 4.69) is 59.8 Å². The Balaban J connectivity index is 0.000000116. The predicted octanol–water partition coefficient (Wildman–Crippen LogP) is 7.37. The SMILES string of the molecule is CC(=O)OC1[C@H](n2cnc3c(Cl)ncnc32)OC2(CC(Oc3ccc4ccc(Cl)nc4c3)C2)[C@H]1C.Nc1ccc2ccc(OC3CC4(C3)O[C@@H](n3cnc5c(N)ncnc53)[C@H](O)[C@@H]4O)cc2n1.Nc1ncnc2c1ncn2[C@@H]1OC2(CC(Oc3ccc4ccc(Cl)nc4c3)C2)[C@@H](O)[C@H]1O. The number of ether oxygens (including phenoxy) is 7. The molecule has 6 aliphatic rings. The second-order valence-electron chi connectivity index (χ2n) is 25.6. The Morgan fingerprint density at radius 3 is 1.34 bits per heavy atom. The summed E-state index contributed by atoms with van der Waals surface area (Å²) in [7, 11) is 0. The molecule has 3 saturated carbocycles. The highest BCUT2D eigenvalue weighted by atomic mass is 35.5. The first-order valence-electron chi connectivity index (χ1n) is 31.6. The number of aliphatic hydroxyl groups excluding tert-OH is 4. The maximum absolute atomic E-state index is 11.9. The van der Waals surface area contributed by atoms with Crippen LogP contribution in [0.15, 0.2) is 129 Å². The fraction of sp³-hybridized carbons (Fsp3) is 0.348. The first kappa shape index (κ1) is 64.1. The van der Waals surface area contributed by atoms with Crippen molar-refractivity contribution >= 4 is 124 Å². The summed E-state index contributed by atoms with van der Waals surface area (Å²) in [6.45, 7) is 3.43. The van der Waals surface area contributed by atoms with Crippen LogP contribution in [0, 0.1) is 5.92 Å². The van der Waals surface area contributed by atoms with Gasteiger partial charge in [-0.2, -0.15) is 0 Å². The van der Waals surface area contributed by atoms with Crippen molar-refractivity contribution < 1.29 is 58.4 Å². The largest absolute Gasteiger partial charge is 0.490 e. The first-order chi connectivity index (χ1) is 47.7. The van der Waals surface area contributed by atoms with E-state index in [1.54, 1.807) is 38.2 Å². The van der Waals surface area contributed by atoms with Gasteiger partial charge in [0.15, 0.2) is 58.5 Å². The lowest BCUT2D eigenvalue weighted by Gasteiger charge is -2.46. The number of carbonyl (C=O) groups excluding carboxylic acids is 1. The van der Waals surface area contributed by atoms with Crippen molar-refractivity contribution in [3.63, 3.8) is 0 Å². The van der Waals surface area contributed by atoms with Crippen molar-refractivity contribution in [2.75, 3.05) is 17.2 Å². The standard InChI is InChI=1S/C24H21Cl2N5O4.C21H19ClN6O4.C21H21N7O4/c1-12-20(33-13(2)32)23(31-11-29-19-21(26)27-10-28-22(19)31)35-24(12)8-16(9-24)34-15-5-3-14-4-6-18(25)30-17(14)7-15;2*22-14-4-2-10-1-3-11(5-13(10)27-14)31-12-6-21(7-12)17(30)16(29)20(32-21)28-9-26-15-18(23)24-8-25-19(15)28/h3-7,10-12,16,20,23H,8-9H2,1-2H3;1-5,8-9,12,16-17,20,29-30H,6-7H2,(H2,23,24,25);1-5,8-9,12,16-17,20,29-30H,6-7H2,(H2,22,27)(H2,23,24,25)/t12-,16?,20?,23+,24?;2*12?,16-,17+,20-,21?/m011/s1. The van der Waals surface area contributed by atoms with Crippen LogP contribution in [0.3, 0.4) is 0 Å². The van der Waals surface area contributed by atoms with Gasteiger partial charge in [0.2, 0.25) is 0 Å². The smallest absolute Gasteiger partial charge is 0.303 e. The van der Waals surface area contributed by atoms with E-state index >= 15 is 0 Å². The van der Waals surface area contributed by atoms with Gasteiger partial charge < -0.3 is 70.8 Å². The number of nitrogens with two attached hydrogens (primary N) is 3. The van der Waals surface area contributed by atoms with E-state index in [9.17, 15) is 25.2 Å². The van der Waals surface area contributed by atoms with Crippen molar-refractivity contribution in [1.29, 1.82) is 0 Å². The predicted molar refractivity (Wildman–Crippen MR) is 358 cm³/mol. The number of halogens is 3. The van der Waals surface area contributed by atoms with E-state index in [0.717, 1.165) is 38.5 Å². The minimum absolute atomic E-state index is 0.0536. The maximum atomic E-state index is 11.9. The molecular weight excluding hydrogens is 1340 g/mol. The molecule has 18 rings (SSSR count). The second-order valence-corrected chi connectivity index (χ2v) is 26.8. The van der Waals surface area contributed by atoms with Gasteiger partial charge in [-0.1, -0.05) is 41.7 Å². The zero-order valence-electron chi connectivity index (χ0n) is 52.4. The summed E-state index contributed by atoms with van der Waals surface area (Å²) in [5, 5.41) is 47.0. The number of hydrogen-bond acceptors (Lipinski definition) is 27. The van der Waals surface area contributed by atoms with Crippen molar-refractivity contribution in [2.45, 2.75) is 137 Å². The molecule has 3 aliphatic carbocycles. The summed E-state index contributed by atoms with van der Waals surface area (Å²) >= 11 is 18.2. The van der Waals surface area contributed by atoms with Crippen LogP contribution in [0.1, 0.15) is 71.1 Å². The highest BCUT2D eigenvalue weighted by molar-refractivity contribution is 6.33. The third kappa shape index (κ3) is 11.4. The summed E-state index contributed by atoms with van der Waals surface area (Å²) < 4.78 is 47.9. The topological polar surface area (TPSA) is 410 Å². The van der Waals surface area contributed by atoms with Crippen molar-refractivity contribution in [3.8, 4) is 17.2 Å². The number of nitrogens with zero attached hydrogens (tertiary/aromatic N) is 15. The molecule has 3 aromatic carbocycles. The molecule has 508 valence electrons. The summed E-state index contributed by atoms with van der Waals surface area (Å²) in [5.74, 6) is 2.50. The van der Waals surface area contributed by atoms with Gasteiger partial charge in [0.05, 0.1) is 41.1 Å². The molecule has 0 bridgehead atoms. The Hall–Kier alpha value is -9.60. The zero-order chi connectivity index (χ0) is 68.4. The van der Waals surface area contributed by atoms with Crippen LogP contribution in [0.5, 0.6) is 17.2 Å². The number of fused-ring (bicyclic) bond motifs is 6. The first-order valence-corrected chi connectivity index (χ1v) is 32.7. The third-order valence-corrected chi connectivity index (χ3v) is 20.2. The number of anilines is 3. The number of aliphatic hydroxyl groups is 4. The van der Waals surface area contributed by atoms with Crippen molar-refractivity contribution in [3.05, 3.63) is 144 Å². The second kappa shape index (κ2) is 24.7. The number of nitrogen functional groups attached to an aromatic ring is 3. The Kier molecular flexibility index (Phi) is 16.0. The van der Waals surface area contributed by atoms with Crippen LogP contribution in [0.25, 0.3) is 66.2 Å². The zero-order valence-corrected chi connectivity index (χ0v) is 54.7. The quantitative estimate of drug-likeness (QED) is 0.0399. The lowest BCUT2D eigenvalue weighted by molar-refractivity contribution is -0.182. The average Bonchev–Trinajstić information content (AvgIpc) is 1.58. The van der Waals surface area contributed by atoms with Gasteiger partial charge in [0.25, 0.3) is 0 Å². The fourth-order valence-electron chi connectivity index (χ4n) is 14.4. The molecule has 9 aromatic heterocycles. The molecular formula is C66H61Cl3N18O12. The van der Waals surface area contributed by atoms with E-state index in [-0.39, 0.29) is 47.0 Å². The molecule has 10 N–H and O–H groups in total. The number of hydrogen-bond donors (Lipinski definition) is 7. The molecule has 0 amide bonds. The minimum Gasteiger partial charge on any atom is -0.490 e. The summed E-state index contributed by atoms with van der Waals surface area (Å²) in [6, 6.07) is 28.0. The normalized spacial score (nSPS) is 29.0. The maximum Gasteiger partial charge on any atom is 0.303 e. The molecule has 12 heterocycles. The van der Waals surface area contributed by atoms with Crippen LogP contribution >= 0.6 is 34.8 Å². The summed E-state index contributed by atoms with van der Waals surface area (Å²) in [4.78, 5) is 62.2. The highest BCUT2D eigenvalue weighted by Crippen LogP contribution is 2.56. The molecule has 3 spiro atoms. The monoisotopic (exact) mass is 1400 g/mol.